The second kappa shape index (κ2) is 13.1. The molecule has 2 aliphatic rings. The standard InChI is InChI=1S/C36H32F9NO5/c1-18-30(21-11-23(34(37,38)39)15-24(12-21)35(40,41)42)51-32(49)46(18)17-22-16-33(2,3)10-9-25(22)27-13-19(6-8-29(27)50-4)26-7-5-20(31(47)48)14-28(26)36(43,44)45/h5-8,11-15,18,30H,9-10,16-17H2,1-4H3,(H,47,48)/t18-,30?/m0/s1. The molecule has 51 heavy (non-hydrogen) atoms. The molecule has 1 aliphatic heterocycles. The summed E-state index contributed by atoms with van der Waals surface area (Å²) in [5, 5.41) is 9.30. The first-order valence-corrected chi connectivity index (χ1v) is 15.6. The molecule has 1 unspecified atom stereocenters. The highest BCUT2D eigenvalue weighted by Crippen LogP contribution is 2.48. The van der Waals surface area contributed by atoms with Crippen molar-refractivity contribution in [1.29, 1.82) is 0 Å². The number of cyclic esters (lactones) is 1. The van der Waals surface area contributed by atoms with Gasteiger partial charge >= 0.3 is 30.6 Å². The number of hydrogen-bond donors (Lipinski definition) is 1. The van der Waals surface area contributed by atoms with Gasteiger partial charge in [-0.15, -0.1) is 0 Å². The Morgan fingerprint density at radius 1 is 0.902 bits per heavy atom. The zero-order valence-corrected chi connectivity index (χ0v) is 27.6. The average Bonchev–Trinajstić information content (AvgIpc) is 3.31. The van der Waals surface area contributed by atoms with Gasteiger partial charge in [-0.05, 0) is 102 Å². The van der Waals surface area contributed by atoms with E-state index in [0.29, 0.717) is 59.9 Å². The van der Waals surface area contributed by atoms with Crippen molar-refractivity contribution in [2.24, 2.45) is 5.41 Å². The molecule has 0 aromatic heterocycles. The molecule has 1 heterocycles. The molecular formula is C36H32F9NO5. The second-order valence-corrected chi connectivity index (χ2v) is 13.4. The number of methoxy groups -OCH3 is 1. The van der Waals surface area contributed by atoms with Crippen molar-refractivity contribution in [3.05, 3.63) is 93.6 Å². The molecule has 5 rings (SSSR count). The maximum atomic E-state index is 14.2. The van der Waals surface area contributed by atoms with Crippen LogP contribution in [0.1, 0.15) is 84.3 Å². The van der Waals surface area contributed by atoms with Crippen molar-refractivity contribution < 1.29 is 63.7 Å². The molecular weight excluding hydrogens is 697 g/mol. The highest BCUT2D eigenvalue weighted by Gasteiger charge is 2.44. The Labute approximate surface area is 286 Å². The van der Waals surface area contributed by atoms with E-state index in [2.05, 4.69) is 0 Å². The summed E-state index contributed by atoms with van der Waals surface area (Å²) in [7, 11) is 1.36. The number of amides is 1. The molecule has 3 aromatic carbocycles. The summed E-state index contributed by atoms with van der Waals surface area (Å²) in [6.45, 7) is 5.23. The van der Waals surface area contributed by atoms with Crippen LogP contribution in [0.3, 0.4) is 0 Å². The summed E-state index contributed by atoms with van der Waals surface area (Å²) >= 11 is 0. The number of carbonyl (C=O) groups excluding carboxylic acids is 1. The summed E-state index contributed by atoms with van der Waals surface area (Å²) in [4.78, 5) is 25.9. The Bertz CT molecular complexity index is 1860. The molecule has 0 radical (unpaired) electrons. The monoisotopic (exact) mass is 729 g/mol. The van der Waals surface area contributed by atoms with Gasteiger partial charge in [0.25, 0.3) is 0 Å². The SMILES string of the molecule is COc1ccc(-c2ccc(C(=O)O)cc2C(F)(F)F)cc1C1=C(CN2C(=O)OC(c3cc(C(F)(F)F)cc(C(F)(F)F)c3)[C@@H]2C)CC(C)(C)CC1. The van der Waals surface area contributed by atoms with Crippen LogP contribution >= 0.6 is 0 Å². The third kappa shape index (κ3) is 7.81. The molecule has 1 aliphatic carbocycles. The minimum Gasteiger partial charge on any atom is -0.496 e. The molecule has 15 heteroatoms. The summed E-state index contributed by atoms with van der Waals surface area (Å²) < 4.78 is 135. The summed E-state index contributed by atoms with van der Waals surface area (Å²) in [5.74, 6) is -1.24. The number of alkyl halides is 9. The number of hydrogen-bond acceptors (Lipinski definition) is 4. The Morgan fingerprint density at radius 3 is 2.08 bits per heavy atom. The highest BCUT2D eigenvalue weighted by molar-refractivity contribution is 5.89. The molecule has 1 N–H and O–H groups in total. The van der Waals surface area contributed by atoms with Crippen LogP contribution < -0.4 is 4.74 Å². The maximum Gasteiger partial charge on any atom is 0.417 e. The third-order valence-corrected chi connectivity index (χ3v) is 9.27. The van der Waals surface area contributed by atoms with Crippen LogP contribution in [0.2, 0.25) is 0 Å². The van der Waals surface area contributed by atoms with Crippen LogP contribution in [0, 0.1) is 5.41 Å². The van der Waals surface area contributed by atoms with E-state index in [9.17, 15) is 54.2 Å². The van der Waals surface area contributed by atoms with Gasteiger partial charge in [-0.2, -0.15) is 39.5 Å². The highest BCUT2D eigenvalue weighted by atomic mass is 19.4. The van der Waals surface area contributed by atoms with Crippen LogP contribution in [0.25, 0.3) is 16.7 Å². The zero-order valence-electron chi connectivity index (χ0n) is 27.6. The lowest BCUT2D eigenvalue weighted by molar-refractivity contribution is -0.143. The van der Waals surface area contributed by atoms with E-state index in [-0.39, 0.29) is 29.2 Å². The van der Waals surface area contributed by atoms with Crippen LogP contribution in [0.4, 0.5) is 44.3 Å². The lowest BCUT2D eigenvalue weighted by atomic mass is 9.72. The van der Waals surface area contributed by atoms with E-state index < -0.39 is 70.6 Å². The number of benzene rings is 3. The van der Waals surface area contributed by atoms with Crippen LogP contribution in [0.15, 0.2) is 60.2 Å². The van der Waals surface area contributed by atoms with Crippen molar-refractivity contribution in [3.63, 3.8) is 0 Å². The molecule has 0 bridgehead atoms. The molecule has 0 spiro atoms. The van der Waals surface area contributed by atoms with Gasteiger partial charge in [-0.25, -0.2) is 9.59 Å². The molecule has 1 amide bonds. The lowest BCUT2D eigenvalue weighted by Gasteiger charge is -2.36. The molecule has 0 saturated carbocycles. The quantitative estimate of drug-likeness (QED) is 0.245. The van der Waals surface area contributed by atoms with Crippen molar-refractivity contribution >= 4 is 17.6 Å². The lowest BCUT2D eigenvalue weighted by Crippen LogP contribution is -2.35. The fraction of sp³-hybridized carbons (Fsp3) is 0.389. The number of halogens is 9. The Balaban J connectivity index is 1.59. The molecule has 1 fully saturated rings. The molecule has 1 saturated heterocycles. The summed E-state index contributed by atoms with van der Waals surface area (Å²) in [6.07, 6.45) is -16.2. The maximum absolute atomic E-state index is 14.2. The van der Waals surface area contributed by atoms with Gasteiger partial charge < -0.3 is 14.6 Å². The first kappa shape index (κ1) is 37.6. The van der Waals surface area contributed by atoms with Gasteiger partial charge in [-0.3, -0.25) is 4.90 Å². The minimum atomic E-state index is -5.11. The van der Waals surface area contributed by atoms with Gasteiger partial charge in [-0.1, -0.05) is 26.0 Å². The number of rotatable bonds is 7. The van der Waals surface area contributed by atoms with Crippen molar-refractivity contribution in [1.82, 2.24) is 4.90 Å². The van der Waals surface area contributed by atoms with Crippen molar-refractivity contribution in [3.8, 4) is 16.9 Å². The second-order valence-electron chi connectivity index (χ2n) is 13.4. The van der Waals surface area contributed by atoms with Gasteiger partial charge in [0.05, 0.1) is 35.4 Å². The minimum absolute atomic E-state index is 0.0103. The van der Waals surface area contributed by atoms with Gasteiger partial charge in [0.15, 0.2) is 0 Å². The number of carboxylic acids is 1. The van der Waals surface area contributed by atoms with E-state index in [1.807, 2.05) is 13.8 Å². The fourth-order valence-electron chi connectivity index (χ4n) is 6.67. The van der Waals surface area contributed by atoms with Crippen LogP contribution in [-0.2, 0) is 23.3 Å². The number of aromatic carboxylic acids is 1. The van der Waals surface area contributed by atoms with Crippen LogP contribution in [0.5, 0.6) is 5.75 Å². The number of ether oxygens (including phenoxy) is 2. The normalized spacial score (nSPS) is 19.7. The van der Waals surface area contributed by atoms with Crippen molar-refractivity contribution in [2.75, 3.05) is 13.7 Å². The number of nitrogens with zero attached hydrogens (tertiary/aromatic N) is 1. The zero-order chi connectivity index (χ0) is 37.8. The fourth-order valence-corrected chi connectivity index (χ4v) is 6.67. The number of carbonyl (C=O) groups is 2. The van der Waals surface area contributed by atoms with Gasteiger partial charge in [0.1, 0.15) is 11.9 Å². The van der Waals surface area contributed by atoms with E-state index >= 15 is 0 Å². The average molecular weight is 730 g/mol. The van der Waals surface area contributed by atoms with E-state index in [0.717, 1.165) is 12.1 Å². The Kier molecular flexibility index (Phi) is 9.67. The van der Waals surface area contributed by atoms with Gasteiger partial charge in [0, 0.05) is 12.1 Å². The largest absolute Gasteiger partial charge is 0.496 e. The predicted octanol–water partition coefficient (Wildman–Crippen LogP) is 10.7. The van der Waals surface area contributed by atoms with Crippen molar-refractivity contribution in [2.45, 2.75) is 70.7 Å². The number of allylic oxidation sites excluding steroid dienone is 1. The van der Waals surface area contributed by atoms with E-state index in [1.54, 1.807) is 0 Å². The predicted molar refractivity (Wildman–Crippen MR) is 167 cm³/mol. The van der Waals surface area contributed by atoms with E-state index in [4.69, 9.17) is 9.47 Å². The third-order valence-electron chi connectivity index (χ3n) is 9.27. The molecule has 6 nitrogen and oxygen atoms in total. The summed E-state index contributed by atoms with van der Waals surface area (Å²) in [5.41, 5.74) is -4.13. The smallest absolute Gasteiger partial charge is 0.417 e. The first-order chi connectivity index (χ1) is 23.5. The molecule has 274 valence electrons. The number of carboxylic acid groups (broad SMARTS) is 1. The summed E-state index contributed by atoms with van der Waals surface area (Å²) in [6, 6.07) is 7.04. The van der Waals surface area contributed by atoms with E-state index in [1.165, 1.54) is 37.1 Å². The Hall–Kier alpha value is -4.69. The van der Waals surface area contributed by atoms with Crippen LogP contribution in [-0.4, -0.2) is 41.8 Å². The topological polar surface area (TPSA) is 76.1 Å². The molecule has 3 aromatic rings. The first-order valence-electron chi connectivity index (χ1n) is 15.6. The van der Waals surface area contributed by atoms with Gasteiger partial charge in [0.2, 0.25) is 0 Å². The molecule has 2 atom stereocenters. The Morgan fingerprint density at radius 2 is 1.53 bits per heavy atom.